The third-order valence-electron chi connectivity index (χ3n) is 3.28. The van der Waals surface area contributed by atoms with Gasteiger partial charge in [-0.15, -0.1) is 0 Å². The quantitative estimate of drug-likeness (QED) is 0.871. The topological polar surface area (TPSA) is 69.6 Å². The molecule has 0 aromatic heterocycles. The van der Waals surface area contributed by atoms with Gasteiger partial charge in [0.2, 0.25) is 0 Å². The van der Waals surface area contributed by atoms with E-state index in [0.29, 0.717) is 17.8 Å². The highest BCUT2D eigenvalue weighted by atomic mass is 16.4. The minimum absolute atomic E-state index is 0.0128. The number of nitrogens with one attached hydrogen (secondary N) is 1. The monoisotopic (exact) mass is 276 g/mol. The summed E-state index contributed by atoms with van der Waals surface area (Å²) in [6, 6.07) is 6.93. The molecule has 2 amide bonds. The van der Waals surface area contributed by atoms with Crippen molar-refractivity contribution in [2.45, 2.75) is 26.7 Å². The van der Waals surface area contributed by atoms with Gasteiger partial charge in [-0.25, -0.2) is 4.79 Å². The van der Waals surface area contributed by atoms with E-state index in [1.807, 2.05) is 26.8 Å². The summed E-state index contributed by atoms with van der Waals surface area (Å²) in [4.78, 5) is 25.0. The first-order chi connectivity index (χ1) is 9.29. The number of amides is 2. The zero-order chi connectivity index (χ0) is 14.9. The lowest BCUT2D eigenvalue weighted by atomic mass is 9.97. The molecule has 2 N–H and O–H groups in total. The lowest BCUT2D eigenvalue weighted by Crippen LogP contribution is -2.43. The molecule has 1 unspecified atom stereocenters. The number of fused-ring (bicyclic) bond motifs is 1. The van der Waals surface area contributed by atoms with Crippen molar-refractivity contribution in [3.05, 3.63) is 29.8 Å². The number of carboxylic acids is 1. The number of anilines is 1. The molecule has 2 rings (SSSR count). The number of carboxylic acid groups (broad SMARTS) is 1. The number of carbonyl (C=O) groups is 2. The van der Waals surface area contributed by atoms with Crippen molar-refractivity contribution in [3.63, 3.8) is 0 Å². The SMILES string of the molecule is CC(C)(C)CNC(=O)N1CC(C(=O)O)c2ccccc21. The minimum Gasteiger partial charge on any atom is -0.481 e. The minimum atomic E-state index is -0.899. The van der Waals surface area contributed by atoms with Crippen LogP contribution in [0.5, 0.6) is 0 Å². The second-order valence-corrected chi connectivity index (χ2v) is 6.28. The predicted octanol–water partition coefficient (Wildman–Crippen LogP) is 2.43. The molecule has 0 radical (unpaired) electrons. The number of urea groups is 1. The number of benzene rings is 1. The molecule has 1 aliphatic rings. The average molecular weight is 276 g/mol. The molecule has 5 heteroatoms. The van der Waals surface area contributed by atoms with E-state index >= 15 is 0 Å². The zero-order valence-corrected chi connectivity index (χ0v) is 12.0. The predicted molar refractivity (Wildman–Crippen MR) is 77.0 cm³/mol. The van der Waals surface area contributed by atoms with Crippen LogP contribution < -0.4 is 10.2 Å². The van der Waals surface area contributed by atoms with Crippen LogP contribution in [0.3, 0.4) is 0 Å². The molecular formula is C15H20N2O3. The summed E-state index contributed by atoms with van der Waals surface area (Å²) in [6.45, 7) is 6.83. The van der Waals surface area contributed by atoms with E-state index in [9.17, 15) is 14.7 Å². The summed E-state index contributed by atoms with van der Waals surface area (Å²) >= 11 is 0. The van der Waals surface area contributed by atoms with Gasteiger partial charge in [0.25, 0.3) is 0 Å². The Morgan fingerprint density at radius 1 is 1.35 bits per heavy atom. The molecule has 0 bridgehead atoms. The molecule has 0 aliphatic carbocycles. The summed E-state index contributed by atoms with van der Waals surface area (Å²) < 4.78 is 0. The number of hydrogen-bond acceptors (Lipinski definition) is 2. The van der Waals surface area contributed by atoms with Crippen molar-refractivity contribution in [2.24, 2.45) is 5.41 Å². The van der Waals surface area contributed by atoms with Gasteiger partial charge in [-0.2, -0.15) is 0 Å². The van der Waals surface area contributed by atoms with E-state index in [0.717, 1.165) is 0 Å². The Balaban J connectivity index is 2.18. The molecule has 0 saturated carbocycles. The van der Waals surface area contributed by atoms with Gasteiger partial charge in [-0.05, 0) is 17.0 Å². The maximum absolute atomic E-state index is 12.2. The van der Waals surface area contributed by atoms with Crippen LogP contribution in [0, 0.1) is 5.41 Å². The van der Waals surface area contributed by atoms with Crippen molar-refractivity contribution in [1.82, 2.24) is 5.32 Å². The van der Waals surface area contributed by atoms with Crippen LogP contribution in [0.4, 0.5) is 10.5 Å². The van der Waals surface area contributed by atoms with Crippen LogP contribution >= 0.6 is 0 Å². The summed E-state index contributed by atoms with van der Waals surface area (Å²) in [5.74, 6) is -1.55. The Morgan fingerprint density at radius 3 is 2.60 bits per heavy atom. The standard InChI is InChI=1S/C15H20N2O3/c1-15(2,3)9-16-14(20)17-8-11(13(18)19)10-6-4-5-7-12(10)17/h4-7,11H,8-9H2,1-3H3,(H,16,20)(H,18,19). The third kappa shape index (κ3) is 2.92. The second-order valence-electron chi connectivity index (χ2n) is 6.28. The van der Waals surface area contributed by atoms with E-state index in [-0.39, 0.29) is 18.0 Å². The van der Waals surface area contributed by atoms with Crippen molar-refractivity contribution in [2.75, 3.05) is 18.0 Å². The molecule has 108 valence electrons. The summed E-state index contributed by atoms with van der Waals surface area (Å²) in [7, 11) is 0. The summed E-state index contributed by atoms with van der Waals surface area (Å²) in [6.07, 6.45) is 0. The Labute approximate surface area is 118 Å². The summed E-state index contributed by atoms with van der Waals surface area (Å²) in [5, 5.41) is 12.1. The van der Waals surface area contributed by atoms with Crippen molar-refractivity contribution in [1.29, 1.82) is 0 Å². The van der Waals surface area contributed by atoms with Gasteiger partial charge in [0.1, 0.15) is 5.92 Å². The maximum atomic E-state index is 12.2. The van der Waals surface area contributed by atoms with Crippen molar-refractivity contribution >= 4 is 17.7 Å². The molecule has 1 aromatic carbocycles. The normalized spacial score (nSPS) is 17.8. The number of para-hydroxylation sites is 1. The highest BCUT2D eigenvalue weighted by Crippen LogP contribution is 2.36. The van der Waals surface area contributed by atoms with Gasteiger partial charge in [0.05, 0.1) is 0 Å². The maximum Gasteiger partial charge on any atom is 0.321 e. The van der Waals surface area contributed by atoms with Crippen LogP contribution in [0.2, 0.25) is 0 Å². The van der Waals surface area contributed by atoms with Gasteiger partial charge < -0.3 is 10.4 Å². The van der Waals surface area contributed by atoms with Gasteiger partial charge >= 0.3 is 12.0 Å². The fourth-order valence-corrected chi connectivity index (χ4v) is 2.25. The highest BCUT2D eigenvalue weighted by molar-refractivity contribution is 5.98. The Morgan fingerprint density at radius 2 is 2.00 bits per heavy atom. The lowest BCUT2D eigenvalue weighted by Gasteiger charge is -2.23. The van der Waals surface area contributed by atoms with Gasteiger partial charge in [0, 0.05) is 18.8 Å². The van der Waals surface area contributed by atoms with Crippen LogP contribution in [0.15, 0.2) is 24.3 Å². The third-order valence-corrected chi connectivity index (χ3v) is 3.28. The number of rotatable bonds is 2. The smallest absolute Gasteiger partial charge is 0.321 e. The number of hydrogen-bond donors (Lipinski definition) is 2. The van der Waals surface area contributed by atoms with Crippen LogP contribution in [0.1, 0.15) is 32.3 Å². The highest BCUT2D eigenvalue weighted by Gasteiger charge is 2.36. The molecule has 20 heavy (non-hydrogen) atoms. The summed E-state index contributed by atoms with van der Waals surface area (Å²) in [5.41, 5.74) is 1.37. The molecule has 0 fully saturated rings. The molecular weight excluding hydrogens is 256 g/mol. The van der Waals surface area contributed by atoms with E-state index in [1.54, 1.807) is 18.2 Å². The number of nitrogens with zero attached hydrogens (tertiary/aromatic N) is 1. The first kappa shape index (κ1) is 14.4. The molecule has 5 nitrogen and oxygen atoms in total. The zero-order valence-electron chi connectivity index (χ0n) is 12.0. The molecule has 1 atom stereocenters. The number of aliphatic carboxylic acids is 1. The first-order valence-corrected chi connectivity index (χ1v) is 6.67. The number of carbonyl (C=O) groups excluding carboxylic acids is 1. The Hall–Kier alpha value is -2.04. The average Bonchev–Trinajstić information content (AvgIpc) is 2.75. The van der Waals surface area contributed by atoms with E-state index in [1.165, 1.54) is 4.90 Å². The molecule has 0 saturated heterocycles. The fraction of sp³-hybridized carbons (Fsp3) is 0.467. The van der Waals surface area contributed by atoms with Crippen LogP contribution in [-0.2, 0) is 4.79 Å². The van der Waals surface area contributed by atoms with Crippen molar-refractivity contribution < 1.29 is 14.7 Å². The second kappa shape index (κ2) is 5.15. The van der Waals surface area contributed by atoms with E-state index in [2.05, 4.69) is 5.32 Å². The van der Waals surface area contributed by atoms with Crippen molar-refractivity contribution in [3.8, 4) is 0 Å². The molecule has 1 aliphatic heterocycles. The van der Waals surface area contributed by atoms with Gasteiger partial charge in [0.15, 0.2) is 0 Å². The molecule has 1 aromatic rings. The fourth-order valence-electron chi connectivity index (χ4n) is 2.25. The largest absolute Gasteiger partial charge is 0.481 e. The Kier molecular flexibility index (Phi) is 3.70. The van der Waals surface area contributed by atoms with Gasteiger partial charge in [-0.1, -0.05) is 39.0 Å². The Bertz CT molecular complexity index is 534. The van der Waals surface area contributed by atoms with Gasteiger partial charge in [-0.3, -0.25) is 9.69 Å². The van der Waals surface area contributed by atoms with Crippen LogP contribution in [-0.4, -0.2) is 30.2 Å². The molecule has 0 spiro atoms. The molecule has 1 heterocycles. The first-order valence-electron chi connectivity index (χ1n) is 6.67. The van der Waals surface area contributed by atoms with E-state index < -0.39 is 11.9 Å². The lowest BCUT2D eigenvalue weighted by molar-refractivity contribution is -0.138. The van der Waals surface area contributed by atoms with Crippen LogP contribution in [0.25, 0.3) is 0 Å². The van der Waals surface area contributed by atoms with E-state index in [4.69, 9.17) is 0 Å².